The predicted octanol–water partition coefficient (Wildman–Crippen LogP) is 4.64. The van der Waals surface area contributed by atoms with Crippen molar-refractivity contribution < 1.29 is 9.53 Å². The number of ether oxygens (including phenoxy) is 1. The third kappa shape index (κ3) is 4.90. The van der Waals surface area contributed by atoms with Crippen LogP contribution in [0.1, 0.15) is 25.0 Å². The van der Waals surface area contributed by atoms with E-state index in [4.69, 9.17) is 16.3 Å². The summed E-state index contributed by atoms with van der Waals surface area (Å²) in [6.45, 7) is 8.00. The molecule has 0 fully saturated rings. The molecule has 3 rings (SSSR count). The maximum atomic E-state index is 12.2. The quantitative estimate of drug-likeness (QED) is 0.674. The largest absolute Gasteiger partial charge is 0.492 e. The second kappa shape index (κ2) is 9.07. The number of benzene rings is 2. The van der Waals surface area contributed by atoms with Gasteiger partial charge in [0.15, 0.2) is 0 Å². The zero-order valence-corrected chi connectivity index (χ0v) is 16.6. The van der Waals surface area contributed by atoms with E-state index < -0.39 is 0 Å². The fourth-order valence-electron chi connectivity index (χ4n) is 3.14. The molecule has 0 unspecified atom stereocenters. The van der Waals surface area contributed by atoms with Crippen LogP contribution in [-0.4, -0.2) is 37.0 Å². The second-order valence-corrected chi connectivity index (χ2v) is 6.92. The first-order valence-corrected chi connectivity index (χ1v) is 9.74. The summed E-state index contributed by atoms with van der Waals surface area (Å²) < 4.78 is 5.81. The number of anilines is 1. The van der Waals surface area contributed by atoms with Crippen LogP contribution in [0.15, 0.2) is 48.5 Å². The van der Waals surface area contributed by atoms with Crippen LogP contribution in [0.5, 0.6) is 5.75 Å². The number of rotatable bonds is 8. The summed E-state index contributed by atoms with van der Waals surface area (Å²) in [5, 5.41) is 3.50. The summed E-state index contributed by atoms with van der Waals surface area (Å²) in [4.78, 5) is 14.5. The number of amides is 1. The molecule has 142 valence electrons. The van der Waals surface area contributed by atoms with E-state index >= 15 is 0 Å². The van der Waals surface area contributed by atoms with E-state index in [1.807, 2.05) is 42.5 Å². The van der Waals surface area contributed by atoms with E-state index in [1.54, 1.807) is 6.07 Å². The number of fused-ring (bicyclic) bond motifs is 1. The van der Waals surface area contributed by atoms with Gasteiger partial charge in [-0.2, -0.15) is 0 Å². The smallest absolute Gasteiger partial charge is 0.256 e. The van der Waals surface area contributed by atoms with E-state index in [1.165, 1.54) is 0 Å². The van der Waals surface area contributed by atoms with E-state index in [9.17, 15) is 4.79 Å². The lowest BCUT2D eigenvalue weighted by molar-refractivity contribution is -0.110. The van der Waals surface area contributed by atoms with Gasteiger partial charge in [0, 0.05) is 28.4 Å². The molecule has 1 amide bonds. The minimum atomic E-state index is -0.0800. The summed E-state index contributed by atoms with van der Waals surface area (Å²) in [5.74, 6) is 0.790. The average molecular weight is 385 g/mol. The second-order valence-electron chi connectivity index (χ2n) is 6.49. The zero-order valence-electron chi connectivity index (χ0n) is 15.8. The third-order valence-electron chi connectivity index (χ3n) is 4.80. The number of allylic oxidation sites excluding steroid dienone is 1. The van der Waals surface area contributed by atoms with Crippen molar-refractivity contribution in [3.05, 3.63) is 64.7 Å². The van der Waals surface area contributed by atoms with Gasteiger partial charge in [0.1, 0.15) is 12.4 Å². The lowest BCUT2D eigenvalue weighted by Crippen LogP contribution is -2.27. The molecule has 4 nitrogen and oxygen atoms in total. The molecule has 1 N–H and O–H groups in total. The Bertz CT molecular complexity index is 827. The van der Waals surface area contributed by atoms with Gasteiger partial charge >= 0.3 is 0 Å². The van der Waals surface area contributed by atoms with Crippen molar-refractivity contribution in [2.45, 2.75) is 20.3 Å². The van der Waals surface area contributed by atoms with Gasteiger partial charge in [0.2, 0.25) is 0 Å². The Balaban J connectivity index is 1.60. The predicted molar refractivity (Wildman–Crippen MR) is 111 cm³/mol. The maximum absolute atomic E-state index is 12.2. The van der Waals surface area contributed by atoms with E-state index in [0.29, 0.717) is 23.6 Å². The Hall–Kier alpha value is -2.30. The monoisotopic (exact) mass is 384 g/mol. The molecular formula is C22H25ClN2O2. The lowest BCUT2D eigenvalue weighted by atomic mass is 10.0. The Labute approximate surface area is 165 Å². The molecule has 0 aliphatic carbocycles. The Morgan fingerprint density at radius 1 is 1.11 bits per heavy atom. The van der Waals surface area contributed by atoms with Gasteiger partial charge in [-0.25, -0.2) is 0 Å². The van der Waals surface area contributed by atoms with Crippen molar-refractivity contribution in [1.29, 1.82) is 0 Å². The molecule has 0 spiro atoms. The molecule has 2 aromatic rings. The molecular weight excluding hydrogens is 360 g/mol. The number of nitrogens with zero attached hydrogens (tertiary/aromatic N) is 1. The minimum absolute atomic E-state index is 0.0800. The summed E-state index contributed by atoms with van der Waals surface area (Å²) >= 11 is 6.07. The first-order valence-electron chi connectivity index (χ1n) is 9.36. The van der Waals surface area contributed by atoms with Crippen molar-refractivity contribution in [1.82, 2.24) is 4.90 Å². The van der Waals surface area contributed by atoms with Crippen LogP contribution >= 0.6 is 11.6 Å². The van der Waals surface area contributed by atoms with Gasteiger partial charge < -0.3 is 15.0 Å². The standard InChI is InChI=1S/C22H25ClN2O2/c1-3-25(4-2)13-14-27-18-9-5-16(6-10-18)7-11-19-20-15-17(23)8-12-21(20)24-22(19)26/h5-6,8-12,15H,3-4,7,13-14H2,1-2H3,(H,24,26). The van der Waals surface area contributed by atoms with Crippen molar-refractivity contribution in [3.63, 3.8) is 0 Å². The Kier molecular flexibility index (Phi) is 6.54. The van der Waals surface area contributed by atoms with Crippen LogP contribution in [0.3, 0.4) is 0 Å². The van der Waals surface area contributed by atoms with Gasteiger partial charge in [-0.1, -0.05) is 43.7 Å². The number of hydrogen-bond donors (Lipinski definition) is 1. The minimum Gasteiger partial charge on any atom is -0.492 e. The highest BCUT2D eigenvalue weighted by Crippen LogP contribution is 2.34. The molecule has 1 aliphatic rings. The van der Waals surface area contributed by atoms with Gasteiger partial charge in [0.05, 0.1) is 0 Å². The van der Waals surface area contributed by atoms with Crippen LogP contribution in [0.4, 0.5) is 5.69 Å². The molecule has 0 saturated carbocycles. The number of carbonyl (C=O) groups excluding carboxylic acids is 1. The van der Waals surface area contributed by atoms with Gasteiger partial charge in [-0.05, 0) is 55.4 Å². The number of halogens is 1. The Morgan fingerprint density at radius 3 is 2.56 bits per heavy atom. The van der Waals surface area contributed by atoms with Crippen LogP contribution in [0.25, 0.3) is 5.57 Å². The average Bonchev–Trinajstić information content (AvgIpc) is 2.99. The summed E-state index contributed by atoms with van der Waals surface area (Å²) in [5.41, 5.74) is 3.48. The molecule has 0 atom stereocenters. The first-order chi connectivity index (χ1) is 13.1. The van der Waals surface area contributed by atoms with Crippen LogP contribution < -0.4 is 10.1 Å². The number of likely N-dealkylation sites (N-methyl/N-ethyl adjacent to an activating group) is 1. The van der Waals surface area contributed by atoms with Crippen LogP contribution in [0, 0.1) is 0 Å². The Morgan fingerprint density at radius 2 is 1.85 bits per heavy atom. The van der Waals surface area contributed by atoms with E-state index in [0.717, 1.165) is 42.2 Å². The SMILES string of the molecule is CCN(CC)CCOc1ccc(CC=C2C(=O)Nc3ccc(Cl)cc32)cc1. The topological polar surface area (TPSA) is 41.6 Å². The van der Waals surface area contributed by atoms with Crippen molar-refractivity contribution in [3.8, 4) is 5.75 Å². The van der Waals surface area contributed by atoms with Crippen molar-refractivity contribution in [2.75, 3.05) is 31.6 Å². The highest BCUT2D eigenvalue weighted by atomic mass is 35.5. The van der Waals surface area contributed by atoms with Gasteiger partial charge in [-0.3, -0.25) is 4.79 Å². The lowest BCUT2D eigenvalue weighted by Gasteiger charge is -2.18. The fraction of sp³-hybridized carbons (Fsp3) is 0.318. The molecule has 0 bridgehead atoms. The van der Waals surface area contributed by atoms with E-state index in [2.05, 4.69) is 24.1 Å². The number of nitrogens with one attached hydrogen (secondary N) is 1. The highest BCUT2D eigenvalue weighted by Gasteiger charge is 2.23. The van der Waals surface area contributed by atoms with Gasteiger partial charge in [-0.15, -0.1) is 0 Å². The van der Waals surface area contributed by atoms with Gasteiger partial charge in [0.25, 0.3) is 5.91 Å². The molecule has 2 aromatic carbocycles. The normalized spacial score (nSPS) is 14.5. The molecule has 1 aliphatic heterocycles. The molecule has 5 heteroatoms. The molecule has 27 heavy (non-hydrogen) atoms. The number of carbonyl (C=O) groups is 1. The summed E-state index contributed by atoms with van der Waals surface area (Å²) in [7, 11) is 0. The zero-order chi connectivity index (χ0) is 19.2. The summed E-state index contributed by atoms with van der Waals surface area (Å²) in [6, 6.07) is 13.5. The molecule has 0 radical (unpaired) electrons. The van der Waals surface area contributed by atoms with Crippen molar-refractivity contribution >= 4 is 28.8 Å². The fourth-order valence-corrected chi connectivity index (χ4v) is 3.31. The molecule has 0 saturated heterocycles. The first kappa shape index (κ1) is 19.5. The maximum Gasteiger partial charge on any atom is 0.256 e. The third-order valence-corrected chi connectivity index (χ3v) is 5.04. The van der Waals surface area contributed by atoms with E-state index in [-0.39, 0.29) is 5.91 Å². The highest BCUT2D eigenvalue weighted by molar-refractivity contribution is 6.34. The number of hydrogen-bond acceptors (Lipinski definition) is 3. The van der Waals surface area contributed by atoms with Crippen molar-refractivity contribution in [2.24, 2.45) is 0 Å². The molecule has 1 heterocycles. The van der Waals surface area contributed by atoms with Crippen LogP contribution in [-0.2, 0) is 11.2 Å². The van der Waals surface area contributed by atoms with Crippen LogP contribution in [0.2, 0.25) is 5.02 Å². The summed E-state index contributed by atoms with van der Waals surface area (Å²) in [6.07, 6.45) is 2.63. The molecule has 0 aromatic heterocycles.